The third kappa shape index (κ3) is 0.983. The van der Waals surface area contributed by atoms with E-state index in [1.54, 1.807) is 0 Å². The maximum Gasteiger partial charge on any atom is 0.234 e. The van der Waals surface area contributed by atoms with Gasteiger partial charge in [0.05, 0.1) is 11.8 Å². The number of amides is 2. The van der Waals surface area contributed by atoms with Gasteiger partial charge < -0.3 is 0 Å². The minimum Gasteiger partial charge on any atom is -0.274 e. The zero-order valence-electron chi connectivity index (χ0n) is 7.49. The van der Waals surface area contributed by atoms with Crippen LogP contribution in [0.4, 0.5) is 0 Å². The van der Waals surface area contributed by atoms with Gasteiger partial charge in [-0.25, -0.2) is 0 Å². The van der Waals surface area contributed by atoms with Crippen LogP contribution in [0.25, 0.3) is 0 Å². The molecule has 1 saturated heterocycles. The van der Waals surface area contributed by atoms with E-state index in [0.29, 0.717) is 6.42 Å². The summed E-state index contributed by atoms with van der Waals surface area (Å²) in [5.74, 6) is 2.30. The first-order chi connectivity index (χ1) is 6.20. The Labute approximate surface area is 77.1 Å². The molecule has 0 aromatic rings. The van der Waals surface area contributed by atoms with Crippen LogP contribution in [0, 0.1) is 24.2 Å². The molecular formula is C10H11NO2. The van der Waals surface area contributed by atoms with Crippen LogP contribution in [-0.4, -0.2) is 22.8 Å². The zero-order chi connectivity index (χ0) is 9.59. The largest absolute Gasteiger partial charge is 0.274 e. The number of hydrogen-bond donors (Lipinski definition) is 0. The van der Waals surface area contributed by atoms with E-state index in [1.807, 2.05) is 6.92 Å². The molecule has 0 radical (unpaired) electrons. The number of imide groups is 1. The molecule has 2 fully saturated rings. The van der Waals surface area contributed by atoms with Crippen molar-refractivity contribution in [2.24, 2.45) is 11.8 Å². The fourth-order valence-corrected chi connectivity index (χ4v) is 1.89. The lowest BCUT2D eigenvalue weighted by molar-refractivity contribution is -0.142. The standard InChI is InChI=1S/C10H11NO2/c1-3-6(4-2)11-9(12)7-5-8(7)10(11)13/h1,6-8H,4-5H2,2H3. The smallest absolute Gasteiger partial charge is 0.234 e. The van der Waals surface area contributed by atoms with Crippen LogP contribution in [0.15, 0.2) is 0 Å². The minimum atomic E-state index is -0.326. The molecule has 0 aromatic heterocycles. The van der Waals surface area contributed by atoms with Crippen LogP contribution in [0.1, 0.15) is 19.8 Å². The molecule has 68 valence electrons. The quantitative estimate of drug-likeness (QED) is 0.452. The molecule has 0 N–H and O–H groups in total. The Balaban J connectivity index is 2.21. The van der Waals surface area contributed by atoms with E-state index in [0.717, 1.165) is 6.42 Å². The molecule has 2 rings (SSSR count). The van der Waals surface area contributed by atoms with Crippen molar-refractivity contribution in [3.63, 3.8) is 0 Å². The summed E-state index contributed by atoms with van der Waals surface area (Å²) in [6.07, 6.45) is 6.64. The van der Waals surface area contributed by atoms with E-state index in [-0.39, 0.29) is 29.7 Å². The molecule has 3 heteroatoms. The first-order valence-electron chi connectivity index (χ1n) is 4.53. The van der Waals surface area contributed by atoms with E-state index in [2.05, 4.69) is 5.92 Å². The van der Waals surface area contributed by atoms with E-state index < -0.39 is 0 Å². The topological polar surface area (TPSA) is 37.4 Å². The van der Waals surface area contributed by atoms with Crippen molar-refractivity contribution in [2.45, 2.75) is 25.8 Å². The van der Waals surface area contributed by atoms with E-state index in [1.165, 1.54) is 4.90 Å². The molecular weight excluding hydrogens is 166 g/mol. The number of fused-ring (bicyclic) bond motifs is 1. The zero-order valence-corrected chi connectivity index (χ0v) is 7.49. The average molecular weight is 177 g/mol. The van der Waals surface area contributed by atoms with Gasteiger partial charge in [0.25, 0.3) is 0 Å². The Hall–Kier alpha value is -1.30. The van der Waals surface area contributed by atoms with Crippen molar-refractivity contribution in [3.8, 4) is 12.3 Å². The lowest BCUT2D eigenvalue weighted by atomic mass is 10.2. The highest BCUT2D eigenvalue weighted by Crippen LogP contribution is 2.47. The molecule has 3 nitrogen and oxygen atoms in total. The van der Waals surface area contributed by atoms with Gasteiger partial charge in [-0.1, -0.05) is 12.8 Å². The highest BCUT2D eigenvalue weighted by Gasteiger charge is 2.59. The third-order valence-corrected chi connectivity index (χ3v) is 2.79. The Bertz CT molecular complexity index is 295. The van der Waals surface area contributed by atoms with Gasteiger partial charge in [0.15, 0.2) is 0 Å². The minimum absolute atomic E-state index is 0.0325. The van der Waals surface area contributed by atoms with Crippen molar-refractivity contribution >= 4 is 11.8 Å². The maximum absolute atomic E-state index is 11.5. The van der Waals surface area contributed by atoms with Crippen molar-refractivity contribution in [1.82, 2.24) is 4.90 Å². The molecule has 0 spiro atoms. The summed E-state index contributed by atoms with van der Waals surface area (Å²) in [5, 5.41) is 0. The first-order valence-corrected chi connectivity index (χ1v) is 4.53. The van der Waals surface area contributed by atoms with Gasteiger partial charge in [-0.15, -0.1) is 6.42 Å². The molecule has 0 aromatic carbocycles. The van der Waals surface area contributed by atoms with Crippen LogP contribution in [0.5, 0.6) is 0 Å². The number of piperidine rings is 1. The number of hydrogen-bond acceptors (Lipinski definition) is 2. The van der Waals surface area contributed by atoms with Crippen LogP contribution in [-0.2, 0) is 9.59 Å². The van der Waals surface area contributed by atoms with Gasteiger partial charge in [0, 0.05) is 0 Å². The van der Waals surface area contributed by atoms with Gasteiger partial charge in [0.1, 0.15) is 6.04 Å². The maximum atomic E-state index is 11.5. The fraction of sp³-hybridized carbons (Fsp3) is 0.600. The second kappa shape index (κ2) is 2.59. The van der Waals surface area contributed by atoms with Crippen LogP contribution in [0.2, 0.25) is 0 Å². The number of rotatable bonds is 2. The van der Waals surface area contributed by atoms with Crippen LogP contribution in [0.3, 0.4) is 0 Å². The third-order valence-electron chi connectivity index (χ3n) is 2.79. The first kappa shape index (κ1) is 8.31. The summed E-state index contributed by atoms with van der Waals surface area (Å²) in [4.78, 5) is 24.3. The van der Waals surface area contributed by atoms with Crippen molar-refractivity contribution < 1.29 is 9.59 Å². The Morgan fingerprint density at radius 2 is 2.08 bits per heavy atom. The Morgan fingerprint density at radius 3 is 2.46 bits per heavy atom. The monoisotopic (exact) mass is 177 g/mol. The summed E-state index contributed by atoms with van der Waals surface area (Å²) in [7, 11) is 0. The summed E-state index contributed by atoms with van der Waals surface area (Å²) < 4.78 is 0. The van der Waals surface area contributed by atoms with E-state index in [9.17, 15) is 9.59 Å². The fourth-order valence-electron chi connectivity index (χ4n) is 1.89. The molecule has 1 aliphatic heterocycles. The van der Waals surface area contributed by atoms with Gasteiger partial charge >= 0.3 is 0 Å². The number of carbonyl (C=O) groups excluding carboxylic acids is 2. The highest BCUT2D eigenvalue weighted by molar-refractivity contribution is 6.09. The number of terminal acetylenes is 1. The molecule has 3 atom stereocenters. The number of likely N-dealkylation sites (tertiary alicyclic amines) is 1. The second-order valence-electron chi connectivity index (χ2n) is 3.59. The molecule has 1 heterocycles. The molecule has 2 aliphatic rings. The lowest BCUT2D eigenvalue weighted by Gasteiger charge is -2.21. The van der Waals surface area contributed by atoms with Gasteiger partial charge in [0.2, 0.25) is 11.8 Å². The van der Waals surface area contributed by atoms with Gasteiger partial charge in [-0.2, -0.15) is 0 Å². The van der Waals surface area contributed by atoms with Gasteiger partial charge in [-0.05, 0) is 12.8 Å². The molecule has 0 bridgehead atoms. The second-order valence-corrected chi connectivity index (χ2v) is 3.59. The van der Waals surface area contributed by atoms with Crippen LogP contribution >= 0.6 is 0 Å². The molecule has 1 aliphatic carbocycles. The number of nitrogens with zero attached hydrogens (tertiary/aromatic N) is 1. The van der Waals surface area contributed by atoms with Gasteiger partial charge in [-0.3, -0.25) is 14.5 Å². The SMILES string of the molecule is C#CC(CC)N1C(=O)C2CC2C1=O. The Morgan fingerprint density at radius 1 is 1.54 bits per heavy atom. The highest BCUT2D eigenvalue weighted by atomic mass is 16.2. The average Bonchev–Trinajstić information content (AvgIpc) is 2.86. The van der Waals surface area contributed by atoms with Crippen molar-refractivity contribution in [2.75, 3.05) is 0 Å². The predicted octanol–water partition coefficient (Wildman–Crippen LogP) is 0.403. The van der Waals surface area contributed by atoms with Crippen molar-refractivity contribution in [3.05, 3.63) is 0 Å². The lowest BCUT2D eigenvalue weighted by Crippen LogP contribution is -2.40. The summed E-state index contributed by atoms with van der Waals surface area (Å²) in [6.45, 7) is 1.88. The summed E-state index contributed by atoms with van der Waals surface area (Å²) in [5.41, 5.74) is 0. The Kier molecular flexibility index (Phi) is 1.66. The number of carbonyl (C=O) groups is 2. The molecule has 13 heavy (non-hydrogen) atoms. The summed E-state index contributed by atoms with van der Waals surface area (Å²) >= 11 is 0. The van der Waals surface area contributed by atoms with Crippen molar-refractivity contribution in [1.29, 1.82) is 0 Å². The molecule has 1 saturated carbocycles. The van der Waals surface area contributed by atoms with Crippen LogP contribution < -0.4 is 0 Å². The molecule has 2 amide bonds. The summed E-state index contributed by atoms with van der Waals surface area (Å²) in [6, 6.07) is -0.326. The van der Waals surface area contributed by atoms with E-state index >= 15 is 0 Å². The predicted molar refractivity (Wildman–Crippen MR) is 46.4 cm³/mol. The van der Waals surface area contributed by atoms with E-state index in [4.69, 9.17) is 6.42 Å². The molecule has 3 unspecified atom stereocenters. The normalized spacial score (nSPS) is 32.8.